The molecule has 0 unspecified atom stereocenters. The van der Waals surface area contributed by atoms with Crippen molar-refractivity contribution in [3.63, 3.8) is 0 Å². The number of aliphatic imine (C=N–C) groups is 1. The monoisotopic (exact) mass is 265 g/mol. The minimum atomic E-state index is -2.73. The molecular formula is C15H17F2NO. The van der Waals surface area contributed by atoms with Crippen LogP contribution in [0.5, 0.6) is 0 Å². The average molecular weight is 265 g/mol. The van der Waals surface area contributed by atoms with Crippen molar-refractivity contribution in [2.45, 2.75) is 50.5 Å². The molecule has 0 heterocycles. The van der Waals surface area contributed by atoms with Crippen molar-refractivity contribution in [2.24, 2.45) is 4.99 Å². The SMILES string of the molecule is CC(F)(F)Cc1cccc(C2(N=C=O)CCCC2)c1. The molecule has 1 aliphatic rings. The van der Waals surface area contributed by atoms with Gasteiger partial charge >= 0.3 is 0 Å². The molecule has 0 N–H and O–H groups in total. The average Bonchev–Trinajstić information content (AvgIpc) is 2.77. The van der Waals surface area contributed by atoms with Crippen LogP contribution in [-0.4, -0.2) is 12.0 Å². The Balaban J connectivity index is 2.34. The topological polar surface area (TPSA) is 29.4 Å². The lowest BCUT2D eigenvalue weighted by Crippen LogP contribution is -2.20. The lowest BCUT2D eigenvalue weighted by Gasteiger charge is -2.23. The van der Waals surface area contributed by atoms with E-state index in [1.165, 1.54) is 0 Å². The second-order valence-electron chi connectivity index (χ2n) is 5.39. The zero-order valence-electron chi connectivity index (χ0n) is 11.0. The van der Waals surface area contributed by atoms with Crippen LogP contribution in [0, 0.1) is 0 Å². The van der Waals surface area contributed by atoms with Crippen molar-refractivity contribution in [1.29, 1.82) is 0 Å². The van der Waals surface area contributed by atoms with E-state index in [-0.39, 0.29) is 6.42 Å². The van der Waals surface area contributed by atoms with Crippen LogP contribution in [0.4, 0.5) is 8.78 Å². The van der Waals surface area contributed by atoms with Crippen molar-refractivity contribution in [3.8, 4) is 0 Å². The van der Waals surface area contributed by atoms with E-state index in [9.17, 15) is 13.6 Å². The third-order valence-corrected chi connectivity index (χ3v) is 3.67. The summed E-state index contributed by atoms with van der Waals surface area (Å²) < 4.78 is 26.1. The van der Waals surface area contributed by atoms with E-state index in [0.717, 1.165) is 38.2 Å². The molecule has 1 aromatic carbocycles. The van der Waals surface area contributed by atoms with Gasteiger partial charge in [0.25, 0.3) is 0 Å². The van der Waals surface area contributed by atoms with Crippen LogP contribution in [-0.2, 0) is 16.8 Å². The zero-order chi connectivity index (χ0) is 13.9. The fourth-order valence-corrected chi connectivity index (χ4v) is 2.84. The number of rotatable bonds is 4. The number of hydrogen-bond acceptors (Lipinski definition) is 2. The molecule has 0 aliphatic heterocycles. The Morgan fingerprint density at radius 2 is 2.05 bits per heavy atom. The lowest BCUT2D eigenvalue weighted by atomic mass is 9.87. The van der Waals surface area contributed by atoms with E-state index in [1.807, 2.05) is 6.07 Å². The third kappa shape index (κ3) is 3.27. The summed E-state index contributed by atoms with van der Waals surface area (Å²) in [5, 5.41) is 0. The number of alkyl halides is 2. The van der Waals surface area contributed by atoms with Gasteiger partial charge in [-0.15, -0.1) is 0 Å². The van der Waals surface area contributed by atoms with E-state index >= 15 is 0 Å². The van der Waals surface area contributed by atoms with Gasteiger partial charge in [-0.2, -0.15) is 4.99 Å². The Kier molecular flexibility index (Phi) is 3.81. The summed E-state index contributed by atoms with van der Waals surface area (Å²) >= 11 is 0. The standard InChI is InChI=1S/C15H17F2NO/c1-14(16,17)10-12-5-4-6-13(9-12)15(18-11-19)7-2-3-8-15/h4-6,9H,2-3,7-8,10H2,1H3. The van der Waals surface area contributed by atoms with Gasteiger partial charge in [0.1, 0.15) is 0 Å². The lowest BCUT2D eigenvalue weighted by molar-refractivity contribution is 0.0226. The number of nitrogens with zero attached hydrogens (tertiary/aromatic N) is 1. The maximum absolute atomic E-state index is 13.1. The largest absolute Gasteiger partial charge is 0.249 e. The first-order valence-electron chi connectivity index (χ1n) is 6.51. The third-order valence-electron chi connectivity index (χ3n) is 3.67. The highest BCUT2D eigenvalue weighted by molar-refractivity contribution is 5.40. The molecule has 2 nitrogen and oxygen atoms in total. The van der Waals surface area contributed by atoms with Crippen molar-refractivity contribution >= 4 is 6.08 Å². The predicted octanol–water partition coefficient (Wildman–Crippen LogP) is 3.99. The Labute approximate surface area is 111 Å². The van der Waals surface area contributed by atoms with Crippen molar-refractivity contribution in [1.82, 2.24) is 0 Å². The summed E-state index contributed by atoms with van der Waals surface area (Å²) in [6, 6.07) is 7.07. The van der Waals surface area contributed by atoms with Crippen molar-refractivity contribution in [3.05, 3.63) is 35.4 Å². The summed E-state index contributed by atoms with van der Waals surface area (Å²) in [5.41, 5.74) is 0.897. The Bertz CT molecular complexity index is 495. The van der Waals surface area contributed by atoms with Crippen LogP contribution in [0.15, 0.2) is 29.3 Å². The van der Waals surface area contributed by atoms with E-state index in [1.54, 1.807) is 24.3 Å². The first-order valence-corrected chi connectivity index (χ1v) is 6.51. The minimum absolute atomic E-state index is 0.290. The fourth-order valence-electron chi connectivity index (χ4n) is 2.84. The van der Waals surface area contributed by atoms with Crippen LogP contribution in [0.25, 0.3) is 0 Å². The van der Waals surface area contributed by atoms with Gasteiger partial charge < -0.3 is 0 Å². The summed E-state index contributed by atoms with van der Waals surface area (Å²) in [7, 11) is 0. The molecule has 0 amide bonds. The highest BCUT2D eigenvalue weighted by atomic mass is 19.3. The normalized spacial score (nSPS) is 18.1. The molecule has 4 heteroatoms. The molecule has 0 atom stereocenters. The molecule has 19 heavy (non-hydrogen) atoms. The molecule has 0 spiro atoms. The quantitative estimate of drug-likeness (QED) is 0.598. The van der Waals surface area contributed by atoms with Crippen LogP contribution in [0.2, 0.25) is 0 Å². The maximum Gasteiger partial charge on any atom is 0.249 e. The first kappa shape index (κ1) is 13.9. The van der Waals surface area contributed by atoms with Crippen LogP contribution in [0.3, 0.4) is 0 Å². The highest BCUT2D eigenvalue weighted by Crippen LogP contribution is 2.42. The molecule has 0 aromatic heterocycles. The second-order valence-corrected chi connectivity index (χ2v) is 5.39. The molecule has 1 aliphatic carbocycles. The van der Waals surface area contributed by atoms with Gasteiger partial charge in [0.15, 0.2) is 0 Å². The molecule has 2 rings (SSSR count). The van der Waals surface area contributed by atoms with E-state index < -0.39 is 11.5 Å². The molecule has 1 saturated carbocycles. The maximum atomic E-state index is 13.1. The van der Waals surface area contributed by atoms with Gasteiger partial charge in [-0.3, -0.25) is 0 Å². The Hall–Kier alpha value is -1.54. The first-order chi connectivity index (χ1) is 8.95. The molecular weight excluding hydrogens is 248 g/mol. The molecule has 102 valence electrons. The zero-order valence-corrected chi connectivity index (χ0v) is 11.0. The fraction of sp³-hybridized carbons (Fsp3) is 0.533. The van der Waals surface area contributed by atoms with Crippen LogP contribution >= 0.6 is 0 Å². The Morgan fingerprint density at radius 1 is 1.37 bits per heavy atom. The summed E-state index contributed by atoms with van der Waals surface area (Å²) in [6.07, 6.45) is 4.92. The number of benzene rings is 1. The summed E-state index contributed by atoms with van der Waals surface area (Å²) in [5.74, 6) is -2.73. The van der Waals surface area contributed by atoms with Gasteiger partial charge in [-0.05, 0) is 30.9 Å². The molecule has 0 radical (unpaired) electrons. The summed E-state index contributed by atoms with van der Waals surface area (Å²) in [6.45, 7) is 0.911. The molecule has 0 saturated heterocycles. The second kappa shape index (κ2) is 5.22. The van der Waals surface area contributed by atoms with Gasteiger partial charge in [0.2, 0.25) is 12.0 Å². The number of isocyanates is 1. The van der Waals surface area contributed by atoms with Gasteiger partial charge in [0, 0.05) is 6.42 Å². The highest BCUT2D eigenvalue weighted by Gasteiger charge is 2.36. The van der Waals surface area contributed by atoms with Crippen molar-refractivity contribution in [2.75, 3.05) is 0 Å². The number of carbonyl (C=O) groups excluding carboxylic acids is 1. The summed E-state index contributed by atoms with van der Waals surface area (Å²) in [4.78, 5) is 14.6. The molecule has 1 fully saturated rings. The van der Waals surface area contributed by atoms with E-state index in [2.05, 4.69) is 4.99 Å². The Morgan fingerprint density at radius 3 is 2.63 bits per heavy atom. The van der Waals surface area contributed by atoms with Crippen LogP contribution < -0.4 is 0 Å². The smallest absolute Gasteiger partial charge is 0.211 e. The van der Waals surface area contributed by atoms with Crippen molar-refractivity contribution < 1.29 is 13.6 Å². The van der Waals surface area contributed by atoms with Gasteiger partial charge in [0.05, 0.1) is 5.54 Å². The van der Waals surface area contributed by atoms with E-state index in [4.69, 9.17) is 0 Å². The molecule has 0 bridgehead atoms. The van der Waals surface area contributed by atoms with Gasteiger partial charge in [-0.1, -0.05) is 37.1 Å². The minimum Gasteiger partial charge on any atom is -0.211 e. The number of halogens is 2. The van der Waals surface area contributed by atoms with Gasteiger partial charge in [-0.25, -0.2) is 13.6 Å². The predicted molar refractivity (Wildman–Crippen MR) is 69.0 cm³/mol. The van der Waals surface area contributed by atoms with E-state index in [0.29, 0.717) is 5.56 Å². The molecule has 1 aromatic rings. The number of hydrogen-bond donors (Lipinski definition) is 0. The van der Waals surface area contributed by atoms with Crippen LogP contribution in [0.1, 0.15) is 43.7 Å².